The number of ether oxygens (including phenoxy) is 2. The molecule has 0 aliphatic rings. The number of hydrogen-bond donors (Lipinski definition) is 2. The van der Waals surface area contributed by atoms with Crippen LogP contribution in [-0.2, 0) is 18.5 Å². The van der Waals surface area contributed by atoms with E-state index in [1.54, 1.807) is 0 Å². The van der Waals surface area contributed by atoms with Gasteiger partial charge in [-0.1, -0.05) is 0 Å². The van der Waals surface area contributed by atoms with E-state index in [1.165, 1.54) is 0 Å². The molecule has 0 aromatic heterocycles. The van der Waals surface area contributed by atoms with Crippen LogP contribution in [0.1, 0.15) is 37.4 Å². The van der Waals surface area contributed by atoms with Gasteiger partial charge in [-0.3, -0.25) is 0 Å². The van der Waals surface area contributed by atoms with Gasteiger partial charge in [0, 0.05) is 11.4 Å². The lowest BCUT2D eigenvalue weighted by atomic mass is 10.1. The number of nitrogens with two attached hydrogens (primary N) is 2. The van der Waals surface area contributed by atoms with Crippen molar-refractivity contribution in [3.8, 4) is 11.5 Å². The second-order valence-electron chi connectivity index (χ2n) is 7.54. The summed E-state index contributed by atoms with van der Waals surface area (Å²) in [6.45, 7) is 0. The molecule has 0 fully saturated rings. The van der Waals surface area contributed by atoms with E-state index in [0.717, 1.165) is 18.2 Å². The van der Waals surface area contributed by atoms with Crippen LogP contribution in [0.3, 0.4) is 0 Å². The number of esters is 2. The van der Waals surface area contributed by atoms with E-state index in [-0.39, 0.29) is 11.8 Å². The summed E-state index contributed by atoms with van der Waals surface area (Å²) in [4.78, 5) is 24.7. The number of nitrogen functional groups attached to an aromatic ring is 2. The number of benzene rings is 3. The van der Waals surface area contributed by atoms with Crippen molar-refractivity contribution in [1.82, 2.24) is 0 Å². The summed E-state index contributed by atoms with van der Waals surface area (Å²) in [5.74, 6) is -5.27. The fourth-order valence-corrected chi connectivity index (χ4v) is 3.11. The van der Waals surface area contributed by atoms with Gasteiger partial charge in [-0.15, -0.1) is 0 Å². The second-order valence-corrected chi connectivity index (χ2v) is 7.54. The zero-order valence-corrected chi connectivity index (χ0v) is 18.4. The number of hydrogen-bond acceptors (Lipinski definition) is 6. The molecule has 0 heterocycles. The summed E-state index contributed by atoms with van der Waals surface area (Å²) in [5.41, 5.74) is 2.81. The highest BCUT2D eigenvalue weighted by Gasteiger charge is 2.39. The Kier molecular flexibility index (Phi) is 7.25. The maximum absolute atomic E-state index is 13.6. The third-order valence-corrected chi connectivity index (χ3v) is 4.83. The largest absolute Gasteiger partial charge is 0.423 e. The minimum Gasteiger partial charge on any atom is -0.423 e. The molecule has 0 radical (unpaired) electrons. The van der Waals surface area contributed by atoms with Crippen molar-refractivity contribution in [1.29, 1.82) is 0 Å². The summed E-state index contributed by atoms with van der Waals surface area (Å²) in [5, 5.41) is 0. The summed E-state index contributed by atoms with van der Waals surface area (Å²) in [7, 11) is 0. The van der Waals surface area contributed by atoms with Crippen molar-refractivity contribution in [2.45, 2.75) is 18.5 Å². The van der Waals surface area contributed by atoms with Crippen molar-refractivity contribution >= 4 is 23.3 Å². The van der Waals surface area contributed by atoms with Gasteiger partial charge in [0.1, 0.15) is 11.5 Å². The third kappa shape index (κ3) is 6.27. The van der Waals surface area contributed by atoms with Crippen LogP contribution in [-0.4, -0.2) is 11.9 Å². The maximum atomic E-state index is 13.6. The normalized spacial score (nSPS) is 12.2. The van der Waals surface area contributed by atoms with Gasteiger partial charge in [-0.25, -0.2) is 9.59 Å². The molecule has 0 aliphatic heterocycles. The van der Waals surface area contributed by atoms with Crippen LogP contribution in [0.2, 0.25) is 0 Å². The van der Waals surface area contributed by atoms with Crippen LogP contribution in [0.4, 0.5) is 50.9 Å². The van der Waals surface area contributed by atoms with E-state index in [0.29, 0.717) is 30.3 Å². The Morgan fingerprint density at radius 1 is 0.605 bits per heavy atom. The molecule has 0 amide bonds. The predicted octanol–water partition coefficient (Wildman–Crippen LogP) is 6.35. The molecule has 0 spiro atoms. The lowest BCUT2D eigenvalue weighted by Gasteiger charge is -2.16. The Labute approximate surface area is 206 Å². The summed E-state index contributed by atoms with van der Waals surface area (Å²) < 4.78 is 129. The fourth-order valence-electron chi connectivity index (χ4n) is 3.11. The fraction of sp³-hybridized carbons (Fsp3) is 0.130. The number of rotatable bonds is 4. The third-order valence-electron chi connectivity index (χ3n) is 4.83. The quantitative estimate of drug-likeness (QED) is 0.169. The molecule has 0 unspecified atom stereocenters. The zero-order valence-electron chi connectivity index (χ0n) is 18.4. The minimum atomic E-state index is -5.29. The number of carbonyl (C=O) groups excluding carboxylic acids is 2. The molecule has 202 valence electrons. The minimum absolute atomic E-state index is 0.153. The molecule has 3 aromatic rings. The van der Waals surface area contributed by atoms with E-state index in [4.69, 9.17) is 16.2 Å². The first-order valence-corrected chi connectivity index (χ1v) is 9.97. The molecule has 4 N–H and O–H groups in total. The van der Waals surface area contributed by atoms with Crippen molar-refractivity contribution in [3.05, 3.63) is 82.4 Å². The Balaban J connectivity index is 1.94. The van der Waals surface area contributed by atoms with Gasteiger partial charge in [-0.05, 0) is 54.6 Å². The smallest absolute Gasteiger partial charge is 0.420 e. The van der Waals surface area contributed by atoms with Crippen LogP contribution in [0.25, 0.3) is 0 Å². The lowest BCUT2D eigenvalue weighted by Crippen LogP contribution is -2.19. The molecule has 3 rings (SSSR count). The SMILES string of the molecule is Nc1ccc(C(=O)Oc2ccc(C(=O)Oc3ccc(N)c(C(F)(F)F)c3)cc2C(F)(F)F)c(C(F)(F)F)c1. The van der Waals surface area contributed by atoms with Crippen molar-refractivity contribution in [3.63, 3.8) is 0 Å². The van der Waals surface area contributed by atoms with E-state index in [1.807, 2.05) is 0 Å². The second kappa shape index (κ2) is 9.79. The number of carbonyl (C=O) groups is 2. The Morgan fingerprint density at radius 3 is 1.79 bits per heavy atom. The molecule has 3 aromatic carbocycles. The predicted molar refractivity (Wildman–Crippen MR) is 113 cm³/mol. The molecule has 0 saturated heterocycles. The molecule has 0 atom stereocenters. The van der Waals surface area contributed by atoms with Crippen LogP contribution < -0.4 is 20.9 Å². The molecular formula is C23H13F9N2O4. The molecule has 0 bridgehead atoms. The summed E-state index contributed by atoms with van der Waals surface area (Å²) >= 11 is 0. The van der Waals surface area contributed by atoms with Gasteiger partial charge in [0.25, 0.3) is 0 Å². The molecule has 0 aliphatic carbocycles. The van der Waals surface area contributed by atoms with Crippen LogP contribution in [0.5, 0.6) is 11.5 Å². The van der Waals surface area contributed by atoms with Gasteiger partial charge in [-0.2, -0.15) is 39.5 Å². The first kappa shape index (κ1) is 28.1. The first-order valence-electron chi connectivity index (χ1n) is 9.97. The highest BCUT2D eigenvalue weighted by atomic mass is 19.4. The molecule has 0 saturated carbocycles. The summed E-state index contributed by atoms with van der Waals surface area (Å²) in [6, 6.07) is 5.18. The molecular weight excluding hydrogens is 539 g/mol. The highest BCUT2D eigenvalue weighted by molar-refractivity contribution is 5.94. The van der Waals surface area contributed by atoms with Gasteiger partial charge in [0.05, 0.1) is 27.8 Å². The average Bonchev–Trinajstić information content (AvgIpc) is 2.78. The van der Waals surface area contributed by atoms with E-state index >= 15 is 0 Å². The van der Waals surface area contributed by atoms with E-state index in [9.17, 15) is 49.1 Å². The van der Waals surface area contributed by atoms with Crippen molar-refractivity contribution in [2.75, 3.05) is 11.5 Å². The number of anilines is 2. The van der Waals surface area contributed by atoms with Crippen LogP contribution in [0, 0.1) is 0 Å². The monoisotopic (exact) mass is 552 g/mol. The van der Waals surface area contributed by atoms with E-state index < -0.39 is 75.5 Å². The van der Waals surface area contributed by atoms with Gasteiger partial charge >= 0.3 is 30.5 Å². The van der Waals surface area contributed by atoms with Crippen LogP contribution >= 0.6 is 0 Å². The summed E-state index contributed by atoms with van der Waals surface area (Å²) in [6.07, 6.45) is -15.3. The molecule has 38 heavy (non-hydrogen) atoms. The average molecular weight is 552 g/mol. The first-order chi connectivity index (χ1) is 17.4. The highest BCUT2D eigenvalue weighted by Crippen LogP contribution is 2.39. The van der Waals surface area contributed by atoms with Crippen LogP contribution in [0.15, 0.2) is 54.6 Å². The van der Waals surface area contributed by atoms with E-state index in [2.05, 4.69) is 4.74 Å². The maximum Gasteiger partial charge on any atom is 0.420 e. The van der Waals surface area contributed by atoms with Gasteiger partial charge in [0.15, 0.2) is 0 Å². The van der Waals surface area contributed by atoms with Crippen molar-refractivity contribution in [2.24, 2.45) is 0 Å². The zero-order chi connectivity index (χ0) is 28.6. The van der Waals surface area contributed by atoms with Gasteiger partial charge < -0.3 is 20.9 Å². The van der Waals surface area contributed by atoms with Crippen molar-refractivity contribution < 1.29 is 58.6 Å². The number of halogens is 9. The van der Waals surface area contributed by atoms with Gasteiger partial charge in [0.2, 0.25) is 0 Å². The standard InChI is InChI=1S/C23H13F9N2O4/c24-21(25,26)14-8-11(33)2-4-13(14)20(36)38-18-6-1-10(7-16(18)23(30,31)32)19(35)37-12-3-5-17(34)15(9-12)22(27,28)29/h1-9H,33-34H2. The Bertz CT molecular complexity index is 1400. The Hall–Kier alpha value is -4.43. The lowest BCUT2D eigenvalue weighted by molar-refractivity contribution is -0.139. The molecule has 6 nitrogen and oxygen atoms in total. The number of alkyl halides is 9. The Morgan fingerprint density at radius 2 is 1.21 bits per heavy atom. The molecule has 15 heteroatoms. The topological polar surface area (TPSA) is 105 Å².